The van der Waals surface area contributed by atoms with E-state index in [4.69, 9.17) is 17.3 Å². The fourth-order valence-electron chi connectivity index (χ4n) is 3.72. The monoisotopic (exact) mass is 475 g/mol. The Hall–Kier alpha value is -4.11. The van der Waals surface area contributed by atoms with Crippen molar-refractivity contribution in [2.45, 2.75) is 25.3 Å². The summed E-state index contributed by atoms with van der Waals surface area (Å²) < 4.78 is 1.86. The highest BCUT2D eigenvalue weighted by molar-refractivity contribution is 6.30. The number of nitrogen functional groups attached to an aromatic ring is 1. The van der Waals surface area contributed by atoms with Crippen LogP contribution in [0.2, 0.25) is 5.02 Å². The molecule has 0 bridgehead atoms. The molecule has 1 aliphatic carbocycles. The quantitative estimate of drug-likeness (QED) is 0.328. The van der Waals surface area contributed by atoms with Crippen LogP contribution in [0.3, 0.4) is 0 Å². The van der Waals surface area contributed by atoms with Crippen LogP contribution in [-0.4, -0.2) is 26.3 Å². The van der Waals surface area contributed by atoms with E-state index in [1.807, 2.05) is 10.5 Å². The van der Waals surface area contributed by atoms with Crippen molar-refractivity contribution in [1.29, 1.82) is 0 Å². The second-order valence-corrected chi connectivity index (χ2v) is 8.53. The molecule has 0 saturated heterocycles. The zero-order chi connectivity index (χ0) is 23.7. The van der Waals surface area contributed by atoms with E-state index < -0.39 is 0 Å². The Morgan fingerprint density at radius 2 is 1.88 bits per heavy atom. The Labute approximate surface area is 200 Å². The van der Waals surface area contributed by atoms with E-state index in [2.05, 4.69) is 25.9 Å². The molecule has 3 amide bonds. The molecule has 4 aromatic rings. The molecule has 2 aromatic carbocycles. The van der Waals surface area contributed by atoms with E-state index in [0.717, 1.165) is 24.2 Å². The predicted molar refractivity (Wildman–Crippen MR) is 131 cm³/mol. The number of urea groups is 1. The van der Waals surface area contributed by atoms with Crippen molar-refractivity contribution in [3.05, 3.63) is 83.0 Å². The van der Waals surface area contributed by atoms with Crippen molar-refractivity contribution < 1.29 is 9.59 Å². The molecule has 9 nitrogen and oxygen atoms in total. The molecule has 1 fully saturated rings. The summed E-state index contributed by atoms with van der Waals surface area (Å²) in [6.07, 6.45) is 5.48. The molecule has 0 unspecified atom stereocenters. The first-order valence-electron chi connectivity index (χ1n) is 10.8. The van der Waals surface area contributed by atoms with Gasteiger partial charge in [-0.1, -0.05) is 23.7 Å². The second-order valence-electron chi connectivity index (χ2n) is 8.09. The smallest absolute Gasteiger partial charge is 0.319 e. The van der Waals surface area contributed by atoms with Crippen LogP contribution in [0.1, 0.15) is 40.6 Å². The van der Waals surface area contributed by atoms with Crippen molar-refractivity contribution in [1.82, 2.24) is 19.7 Å². The molecule has 1 aliphatic rings. The zero-order valence-corrected chi connectivity index (χ0v) is 18.8. The molecule has 172 valence electrons. The maximum Gasteiger partial charge on any atom is 0.319 e. The maximum atomic E-state index is 13.1. The Bertz CT molecular complexity index is 1380. The minimum atomic E-state index is -0.366. The van der Waals surface area contributed by atoms with Crippen molar-refractivity contribution in [2.75, 3.05) is 16.4 Å². The number of carbonyl (C=O) groups excluding carboxylic acids is 2. The summed E-state index contributed by atoms with van der Waals surface area (Å²) in [6.45, 7) is 0.277. The van der Waals surface area contributed by atoms with Gasteiger partial charge in [-0.05, 0) is 54.8 Å². The van der Waals surface area contributed by atoms with Gasteiger partial charge in [-0.25, -0.2) is 14.8 Å². The molecule has 2 aromatic heterocycles. The molecular weight excluding hydrogens is 454 g/mol. The van der Waals surface area contributed by atoms with Crippen LogP contribution in [0.15, 0.2) is 60.9 Å². The van der Waals surface area contributed by atoms with Gasteiger partial charge in [-0.2, -0.15) is 0 Å². The summed E-state index contributed by atoms with van der Waals surface area (Å²) in [5, 5.41) is 9.01. The van der Waals surface area contributed by atoms with E-state index in [9.17, 15) is 9.59 Å². The summed E-state index contributed by atoms with van der Waals surface area (Å²) in [7, 11) is 0. The molecule has 2 heterocycles. The number of aromatic nitrogens is 3. The zero-order valence-electron chi connectivity index (χ0n) is 18.1. The van der Waals surface area contributed by atoms with Crippen LogP contribution >= 0.6 is 11.6 Å². The number of rotatable bonds is 6. The Morgan fingerprint density at radius 1 is 1.09 bits per heavy atom. The van der Waals surface area contributed by atoms with Gasteiger partial charge in [0.25, 0.3) is 5.91 Å². The summed E-state index contributed by atoms with van der Waals surface area (Å²) in [5.74, 6) is 1.06. The molecule has 10 heteroatoms. The number of imidazole rings is 1. The van der Waals surface area contributed by atoms with Crippen molar-refractivity contribution in [3.8, 4) is 0 Å². The van der Waals surface area contributed by atoms with Crippen LogP contribution in [0, 0.1) is 0 Å². The van der Waals surface area contributed by atoms with Crippen LogP contribution < -0.4 is 21.7 Å². The number of amides is 3. The van der Waals surface area contributed by atoms with Gasteiger partial charge < -0.3 is 21.7 Å². The van der Waals surface area contributed by atoms with E-state index >= 15 is 0 Å². The molecule has 1 saturated carbocycles. The summed E-state index contributed by atoms with van der Waals surface area (Å²) >= 11 is 5.86. The van der Waals surface area contributed by atoms with Crippen molar-refractivity contribution >= 4 is 46.2 Å². The second kappa shape index (κ2) is 9.03. The van der Waals surface area contributed by atoms with E-state index in [-0.39, 0.29) is 30.0 Å². The molecule has 0 spiro atoms. The lowest BCUT2D eigenvalue weighted by molar-refractivity contribution is 0.102. The molecular formula is C24H22ClN7O2. The first-order chi connectivity index (χ1) is 16.5. The lowest BCUT2D eigenvalue weighted by atomic mass is 10.2. The third-order valence-electron chi connectivity index (χ3n) is 5.51. The highest BCUT2D eigenvalue weighted by atomic mass is 35.5. The molecule has 34 heavy (non-hydrogen) atoms. The summed E-state index contributed by atoms with van der Waals surface area (Å²) in [4.78, 5) is 34.0. The third kappa shape index (κ3) is 4.65. The normalized spacial score (nSPS) is 13.0. The summed E-state index contributed by atoms with van der Waals surface area (Å²) in [5.41, 5.74) is 8.87. The lowest BCUT2D eigenvalue weighted by Gasteiger charge is -2.10. The summed E-state index contributed by atoms with van der Waals surface area (Å²) in [6, 6.07) is 13.7. The molecule has 5 N–H and O–H groups in total. The Kier molecular flexibility index (Phi) is 5.77. The van der Waals surface area contributed by atoms with E-state index in [0.29, 0.717) is 27.8 Å². The van der Waals surface area contributed by atoms with Gasteiger partial charge in [-0.15, -0.1) is 0 Å². The topological polar surface area (TPSA) is 126 Å². The van der Waals surface area contributed by atoms with Gasteiger partial charge >= 0.3 is 6.03 Å². The van der Waals surface area contributed by atoms with Gasteiger partial charge in [0.2, 0.25) is 0 Å². The van der Waals surface area contributed by atoms with Crippen LogP contribution in [-0.2, 0) is 6.54 Å². The minimum absolute atomic E-state index is 0.248. The van der Waals surface area contributed by atoms with Crippen molar-refractivity contribution in [2.24, 2.45) is 0 Å². The number of carbonyl (C=O) groups is 2. The minimum Gasteiger partial charge on any atom is -0.382 e. The first kappa shape index (κ1) is 21.7. The Balaban J connectivity index is 1.27. The van der Waals surface area contributed by atoms with Gasteiger partial charge in [0, 0.05) is 41.3 Å². The third-order valence-corrected chi connectivity index (χ3v) is 5.76. The van der Waals surface area contributed by atoms with Gasteiger partial charge in [0.15, 0.2) is 5.69 Å². The fourth-order valence-corrected chi connectivity index (χ4v) is 3.84. The lowest BCUT2D eigenvalue weighted by Crippen LogP contribution is -2.28. The number of benzene rings is 2. The predicted octanol–water partition coefficient (Wildman–Crippen LogP) is 4.42. The number of nitrogens with two attached hydrogens (primary N) is 1. The van der Waals surface area contributed by atoms with Crippen LogP contribution in [0.4, 0.5) is 22.0 Å². The van der Waals surface area contributed by atoms with Crippen molar-refractivity contribution in [3.63, 3.8) is 0 Å². The molecule has 0 atom stereocenters. The molecule has 0 aliphatic heterocycles. The van der Waals surface area contributed by atoms with E-state index in [1.54, 1.807) is 54.9 Å². The number of halogens is 1. The SMILES string of the molecule is Nc1nccn2c(C3CC3)nc(C(=O)Nc3cccc(CNC(=O)Nc4ccc(Cl)cc4)c3)c12. The van der Waals surface area contributed by atoms with Gasteiger partial charge in [-0.3, -0.25) is 9.20 Å². The number of anilines is 3. The largest absolute Gasteiger partial charge is 0.382 e. The first-order valence-corrected chi connectivity index (χ1v) is 11.2. The highest BCUT2D eigenvalue weighted by Crippen LogP contribution is 2.40. The highest BCUT2D eigenvalue weighted by Gasteiger charge is 2.31. The fraction of sp³-hybridized carbons (Fsp3) is 0.167. The number of nitrogens with zero attached hydrogens (tertiary/aromatic N) is 3. The molecule has 5 rings (SSSR count). The standard InChI is InChI=1S/C24H22ClN7O2/c25-16-6-8-17(9-7-16)30-24(34)28-13-14-2-1-3-18(12-14)29-23(33)19-20-21(26)27-10-11-32(20)22(31-19)15-4-5-15/h1-3,6-12,15H,4-5,13H2,(H2,26,27)(H,29,33)(H2,28,30,34). The molecule has 0 radical (unpaired) electrons. The average molecular weight is 476 g/mol. The number of fused-ring (bicyclic) bond motifs is 1. The van der Waals surface area contributed by atoms with Gasteiger partial charge in [0.1, 0.15) is 17.2 Å². The van der Waals surface area contributed by atoms with Crippen LogP contribution in [0.25, 0.3) is 5.52 Å². The van der Waals surface area contributed by atoms with Gasteiger partial charge in [0.05, 0.1) is 0 Å². The number of hydrogen-bond donors (Lipinski definition) is 4. The Morgan fingerprint density at radius 3 is 2.65 bits per heavy atom. The van der Waals surface area contributed by atoms with Crippen LogP contribution in [0.5, 0.6) is 0 Å². The maximum absolute atomic E-state index is 13.1. The number of hydrogen-bond acceptors (Lipinski definition) is 5. The number of nitrogens with one attached hydrogen (secondary N) is 3. The average Bonchev–Trinajstić information content (AvgIpc) is 3.59. The van der Waals surface area contributed by atoms with E-state index in [1.165, 1.54) is 0 Å².